The fraction of sp³-hybridized carbons (Fsp3) is 0.294. The van der Waals surface area contributed by atoms with Crippen LogP contribution in [-0.2, 0) is 11.0 Å². The van der Waals surface area contributed by atoms with E-state index in [-0.39, 0.29) is 5.82 Å². The number of halogens is 3. The molecule has 134 valence electrons. The number of alkyl halides is 3. The molecule has 0 radical (unpaired) electrons. The number of rotatable bonds is 5. The van der Waals surface area contributed by atoms with E-state index in [9.17, 15) is 18.0 Å². The maximum absolute atomic E-state index is 12.7. The Hall–Kier alpha value is -2.22. The highest BCUT2D eigenvalue weighted by atomic mass is 32.2. The van der Waals surface area contributed by atoms with Crippen molar-refractivity contribution in [3.8, 4) is 5.75 Å². The summed E-state index contributed by atoms with van der Waals surface area (Å²) in [5.74, 6) is 0.114. The van der Waals surface area contributed by atoms with Crippen molar-refractivity contribution in [2.45, 2.75) is 29.7 Å². The van der Waals surface area contributed by atoms with Crippen LogP contribution < -0.4 is 10.1 Å². The highest BCUT2D eigenvalue weighted by Crippen LogP contribution is 2.34. The second kappa shape index (κ2) is 7.35. The van der Waals surface area contributed by atoms with Gasteiger partial charge in [0, 0.05) is 4.90 Å². The first-order valence-electron chi connectivity index (χ1n) is 7.30. The maximum atomic E-state index is 12.7. The van der Waals surface area contributed by atoms with Gasteiger partial charge in [-0.2, -0.15) is 13.2 Å². The van der Waals surface area contributed by atoms with E-state index in [4.69, 9.17) is 4.74 Å². The van der Waals surface area contributed by atoms with E-state index >= 15 is 0 Å². The molecule has 25 heavy (non-hydrogen) atoms. The Labute approximate surface area is 147 Å². The molecule has 0 aliphatic heterocycles. The Bertz CT molecular complexity index is 746. The van der Waals surface area contributed by atoms with Crippen LogP contribution in [0.1, 0.15) is 19.5 Å². The second-order valence-electron chi connectivity index (χ2n) is 5.65. The van der Waals surface area contributed by atoms with Crippen LogP contribution in [0.5, 0.6) is 5.75 Å². The predicted molar refractivity (Wildman–Crippen MR) is 90.8 cm³/mol. The molecule has 0 atom stereocenters. The summed E-state index contributed by atoms with van der Waals surface area (Å²) in [7, 11) is 1.56. The summed E-state index contributed by atoms with van der Waals surface area (Å²) in [6.07, 6.45) is -4.56. The number of thioether (sulfide) groups is 1. The summed E-state index contributed by atoms with van der Waals surface area (Å²) in [5, 5.41) is 2.44. The average Bonchev–Trinajstić information content (AvgIpc) is 2.54. The van der Waals surface area contributed by atoms with E-state index in [0.717, 1.165) is 11.0 Å². The smallest absolute Gasteiger partial charge is 0.433 e. The molecule has 0 aliphatic rings. The largest absolute Gasteiger partial charge is 0.497 e. The van der Waals surface area contributed by atoms with E-state index < -0.39 is 22.5 Å². The standard InChI is InChI=1S/C17H17F3N2O2S/c1-16(2,25-12-9-7-11(24-3)8-10-12)15(23)22-14-6-4-5-13(21-14)17(18,19)20/h4-10H,1-3H3,(H,21,22,23). The molecule has 1 heterocycles. The quantitative estimate of drug-likeness (QED) is 0.781. The first kappa shape index (κ1) is 19.1. The van der Waals surface area contributed by atoms with Crippen molar-refractivity contribution in [1.29, 1.82) is 0 Å². The molecule has 0 saturated heterocycles. The molecule has 0 saturated carbocycles. The van der Waals surface area contributed by atoms with Crippen LogP contribution in [0.15, 0.2) is 47.4 Å². The second-order valence-corrected chi connectivity index (χ2v) is 7.34. The van der Waals surface area contributed by atoms with Gasteiger partial charge in [-0.05, 0) is 50.2 Å². The van der Waals surface area contributed by atoms with Gasteiger partial charge in [-0.15, -0.1) is 11.8 Å². The minimum absolute atomic E-state index is 0.136. The lowest BCUT2D eigenvalue weighted by molar-refractivity contribution is -0.141. The minimum Gasteiger partial charge on any atom is -0.497 e. The maximum Gasteiger partial charge on any atom is 0.433 e. The normalized spacial score (nSPS) is 11.9. The van der Waals surface area contributed by atoms with E-state index in [1.54, 1.807) is 45.2 Å². The number of pyridine rings is 1. The minimum atomic E-state index is -4.56. The summed E-state index contributed by atoms with van der Waals surface area (Å²) < 4.78 is 42.3. The summed E-state index contributed by atoms with van der Waals surface area (Å²) in [4.78, 5) is 16.7. The highest BCUT2D eigenvalue weighted by Gasteiger charge is 2.33. The number of nitrogens with zero attached hydrogens (tertiary/aromatic N) is 1. The number of carbonyl (C=O) groups is 1. The Morgan fingerprint density at radius 1 is 1.12 bits per heavy atom. The third-order valence-corrected chi connectivity index (χ3v) is 4.46. The molecule has 8 heteroatoms. The molecular formula is C17H17F3N2O2S. The highest BCUT2D eigenvalue weighted by molar-refractivity contribution is 8.01. The zero-order valence-corrected chi connectivity index (χ0v) is 14.7. The van der Waals surface area contributed by atoms with Crippen molar-refractivity contribution in [3.63, 3.8) is 0 Å². The lowest BCUT2D eigenvalue weighted by Crippen LogP contribution is -2.34. The van der Waals surface area contributed by atoms with Crippen LogP contribution in [0.25, 0.3) is 0 Å². The number of methoxy groups -OCH3 is 1. The van der Waals surface area contributed by atoms with Crippen molar-refractivity contribution < 1.29 is 22.7 Å². The number of nitrogens with one attached hydrogen (secondary N) is 1. The van der Waals surface area contributed by atoms with Gasteiger partial charge in [-0.1, -0.05) is 6.07 Å². The number of hydrogen-bond acceptors (Lipinski definition) is 4. The lowest BCUT2D eigenvalue weighted by atomic mass is 10.2. The zero-order chi connectivity index (χ0) is 18.7. The molecule has 1 aromatic carbocycles. The summed E-state index contributed by atoms with van der Waals surface area (Å²) in [6, 6.07) is 10.5. The third-order valence-electron chi connectivity index (χ3n) is 3.26. The number of hydrogen-bond donors (Lipinski definition) is 1. The van der Waals surface area contributed by atoms with Crippen LogP contribution in [0.4, 0.5) is 19.0 Å². The van der Waals surface area contributed by atoms with Gasteiger partial charge in [-0.25, -0.2) is 4.98 Å². The van der Waals surface area contributed by atoms with Crippen LogP contribution in [0.3, 0.4) is 0 Å². The van der Waals surface area contributed by atoms with E-state index in [1.807, 2.05) is 0 Å². The Morgan fingerprint density at radius 2 is 1.76 bits per heavy atom. The van der Waals surface area contributed by atoms with Gasteiger partial charge in [-0.3, -0.25) is 4.79 Å². The van der Waals surface area contributed by atoms with Crippen LogP contribution in [0, 0.1) is 0 Å². The Balaban J connectivity index is 2.10. The molecule has 0 bridgehead atoms. The molecule has 2 rings (SSSR count). The molecule has 0 spiro atoms. The number of ether oxygens (including phenoxy) is 1. The van der Waals surface area contributed by atoms with Gasteiger partial charge in [0.2, 0.25) is 5.91 Å². The van der Waals surface area contributed by atoms with E-state index in [1.165, 1.54) is 23.9 Å². The van der Waals surface area contributed by atoms with Crippen molar-refractivity contribution in [2.75, 3.05) is 12.4 Å². The predicted octanol–water partition coefficient (Wildman–Crippen LogP) is 4.62. The van der Waals surface area contributed by atoms with Crippen LogP contribution in [-0.4, -0.2) is 22.7 Å². The number of anilines is 1. The summed E-state index contributed by atoms with van der Waals surface area (Å²) >= 11 is 1.28. The average molecular weight is 370 g/mol. The van der Waals surface area contributed by atoms with Crippen molar-refractivity contribution in [1.82, 2.24) is 4.98 Å². The first-order valence-corrected chi connectivity index (χ1v) is 8.12. The van der Waals surface area contributed by atoms with Crippen molar-refractivity contribution in [2.24, 2.45) is 0 Å². The molecule has 0 aliphatic carbocycles. The molecular weight excluding hydrogens is 353 g/mol. The number of aromatic nitrogens is 1. The van der Waals surface area contributed by atoms with Crippen LogP contribution in [0.2, 0.25) is 0 Å². The molecule has 1 N–H and O–H groups in total. The topological polar surface area (TPSA) is 51.2 Å². The summed E-state index contributed by atoms with van der Waals surface area (Å²) in [5.41, 5.74) is -1.05. The number of amides is 1. The molecule has 4 nitrogen and oxygen atoms in total. The Morgan fingerprint density at radius 3 is 2.32 bits per heavy atom. The Kier molecular flexibility index (Phi) is 5.62. The monoisotopic (exact) mass is 370 g/mol. The van der Waals surface area contributed by atoms with Gasteiger partial charge in [0.1, 0.15) is 17.3 Å². The van der Waals surface area contributed by atoms with Gasteiger partial charge in [0.25, 0.3) is 0 Å². The molecule has 1 aromatic heterocycles. The molecule has 1 amide bonds. The lowest BCUT2D eigenvalue weighted by Gasteiger charge is -2.23. The van der Waals surface area contributed by atoms with Gasteiger partial charge < -0.3 is 10.1 Å². The van der Waals surface area contributed by atoms with Gasteiger partial charge in [0.15, 0.2) is 0 Å². The van der Waals surface area contributed by atoms with Gasteiger partial charge in [0.05, 0.1) is 11.9 Å². The fourth-order valence-electron chi connectivity index (χ4n) is 1.91. The molecule has 0 fully saturated rings. The summed E-state index contributed by atoms with van der Waals surface area (Å²) in [6.45, 7) is 3.37. The SMILES string of the molecule is COc1ccc(SC(C)(C)C(=O)Nc2cccc(C(F)(F)F)n2)cc1. The number of benzene rings is 1. The zero-order valence-electron chi connectivity index (χ0n) is 13.8. The first-order chi connectivity index (χ1) is 11.6. The fourth-order valence-corrected chi connectivity index (χ4v) is 2.92. The van der Waals surface area contributed by atoms with Crippen LogP contribution >= 0.6 is 11.8 Å². The molecule has 0 unspecified atom stereocenters. The molecule has 2 aromatic rings. The third kappa shape index (κ3) is 5.12. The van der Waals surface area contributed by atoms with Gasteiger partial charge >= 0.3 is 6.18 Å². The van der Waals surface area contributed by atoms with Crippen molar-refractivity contribution in [3.05, 3.63) is 48.2 Å². The van der Waals surface area contributed by atoms with E-state index in [0.29, 0.717) is 5.75 Å². The number of carbonyl (C=O) groups excluding carboxylic acids is 1. The van der Waals surface area contributed by atoms with Crippen molar-refractivity contribution >= 4 is 23.5 Å². The van der Waals surface area contributed by atoms with E-state index in [2.05, 4.69) is 10.3 Å².